The molecule has 1 N–H and O–H groups in total. The van der Waals surface area contributed by atoms with E-state index in [0.29, 0.717) is 17.6 Å². The van der Waals surface area contributed by atoms with Crippen LogP contribution >= 0.6 is 0 Å². The van der Waals surface area contributed by atoms with Crippen molar-refractivity contribution in [1.82, 2.24) is 5.32 Å². The van der Waals surface area contributed by atoms with Gasteiger partial charge in [-0.05, 0) is 32.1 Å². The molecule has 2 aliphatic rings. The average molecular weight is 247 g/mol. The molecular formula is C11H21NO3S. The Morgan fingerprint density at radius 1 is 1.19 bits per heavy atom. The third kappa shape index (κ3) is 3.71. The number of sulfone groups is 1. The molecular weight excluding hydrogens is 226 g/mol. The number of ether oxygens (including phenoxy) is 1. The highest BCUT2D eigenvalue weighted by Crippen LogP contribution is 2.14. The van der Waals surface area contributed by atoms with Crippen LogP contribution in [0.5, 0.6) is 0 Å². The Hall–Kier alpha value is -0.130. The van der Waals surface area contributed by atoms with Gasteiger partial charge in [0.2, 0.25) is 0 Å². The summed E-state index contributed by atoms with van der Waals surface area (Å²) in [5, 5.41) is 3.34. The number of hydrogen-bond acceptors (Lipinski definition) is 4. The summed E-state index contributed by atoms with van der Waals surface area (Å²) in [6, 6.07) is 0.143. The molecule has 16 heavy (non-hydrogen) atoms. The van der Waals surface area contributed by atoms with Crippen LogP contribution in [-0.4, -0.2) is 45.2 Å². The van der Waals surface area contributed by atoms with Crippen LogP contribution in [0, 0.1) is 0 Å². The standard InChI is InChI=1S/C11H21NO3S/c13-16(14)7-3-4-10(9-16)12-8-11-5-1-2-6-15-11/h10-12H,1-9H2. The molecule has 2 rings (SSSR count). The van der Waals surface area contributed by atoms with Crippen LogP contribution in [0.2, 0.25) is 0 Å². The summed E-state index contributed by atoms with van der Waals surface area (Å²) >= 11 is 0. The van der Waals surface area contributed by atoms with Crippen molar-refractivity contribution in [2.24, 2.45) is 0 Å². The van der Waals surface area contributed by atoms with Crippen LogP contribution in [0.25, 0.3) is 0 Å². The van der Waals surface area contributed by atoms with Gasteiger partial charge in [-0.15, -0.1) is 0 Å². The second-order valence-corrected chi connectivity index (χ2v) is 7.08. The van der Waals surface area contributed by atoms with E-state index < -0.39 is 9.84 Å². The van der Waals surface area contributed by atoms with E-state index in [0.717, 1.165) is 38.8 Å². The Kier molecular flexibility index (Phi) is 4.21. The number of nitrogens with one attached hydrogen (secondary N) is 1. The van der Waals surface area contributed by atoms with Crippen molar-refractivity contribution >= 4 is 9.84 Å². The highest BCUT2D eigenvalue weighted by molar-refractivity contribution is 7.91. The summed E-state index contributed by atoms with van der Waals surface area (Å²) in [5.74, 6) is 0.671. The molecule has 0 spiro atoms. The van der Waals surface area contributed by atoms with Crippen molar-refractivity contribution in [2.45, 2.75) is 44.2 Å². The summed E-state index contributed by atoms with van der Waals surface area (Å²) in [6.07, 6.45) is 5.56. The molecule has 0 radical (unpaired) electrons. The minimum absolute atomic E-state index is 0.143. The molecule has 2 atom stereocenters. The smallest absolute Gasteiger partial charge is 0.151 e. The van der Waals surface area contributed by atoms with Gasteiger partial charge < -0.3 is 10.1 Å². The van der Waals surface area contributed by atoms with Crippen molar-refractivity contribution in [3.05, 3.63) is 0 Å². The lowest BCUT2D eigenvalue weighted by Crippen LogP contribution is -2.44. The molecule has 0 saturated carbocycles. The number of hydrogen-bond donors (Lipinski definition) is 1. The van der Waals surface area contributed by atoms with E-state index in [1.165, 1.54) is 6.42 Å². The van der Waals surface area contributed by atoms with Crippen LogP contribution in [-0.2, 0) is 14.6 Å². The lowest BCUT2D eigenvalue weighted by molar-refractivity contribution is 0.0155. The van der Waals surface area contributed by atoms with Gasteiger partial charge in [0.1, 0.15) is 0 Å². The van der Waals surface area contributed by atoms with E-state index in [4.69, 9.17) is 4.74 Å². The first-order valence-electron chi connectivity index (χ1n) is 6.21. The van der Waals surface area contributed by atoms with Gasteiger partial charge in [-0.3, -0.25) is 0 Å². The second-order valence-electron chi connectivity index (χ2n) is 4.85. The van der Waals surface area contributed by atoms with Crippen LogP contribution in [0.4, 0.5) is 0 Å². The maximum Gasteiger partial charge on any atom is 0.151 e. The molecule has 4 nitrogen and oxygen atoms in total. The Balaban J connectivity index is 1.72. The second kappa shape index (κ2) is 5.47. The summed E-state index contributed by atoms with van der Waals surface area (Å²) in [7, 11) is -2.79. The predicted octanol–water partition coefficient (Wildman–Crippen LogP) is 0.722. The molecule has 2 fully saturated rings. The molecule has 2 aliphatic heterocycles. The first-order chi connectivity index (χ1) is 7.66. The third-order valence-electron chi connectivity index (χ3n) is 3.37. The highest BCUT2D eigenvalue weighted by atomic mass is 32.2. The van der Waals surface area contributed by atoms with Gasteiger partial charge in [0.15, 0.2) is 9.84 Å². The summed E-state index contributed by atoms with van der Waals surface area (Å²) < 4.78 is 28.5. The quantitative estimate of drug-likeness (QED) is 0.798. The first kappa shape index (κ1) is 12.3. The van der Waals surface area contributed by atoms with Gasteiger partial charge in [-0.2, -0.15) is 0 Å². The molecule has 0 aromatic heterocycles. The molecule has 94 valence electrons. The lowest BCUT2D eigenvalue weighted by Gasteiger charge is -2.27. The fraction of sp³-hybridized carbons (Fsp3) is 1.00. The van der Waals surface area contributed by atoms with Crippen molar-refractivity contribution in [2.75, 3.05) is 24.7 Å². The molecule has 0 bridgehead atoms. The Labute approximate surface area is 97.7 Å². The van der Waals surface area contributed by atoms with E-state index in [1.54, 1.807) is 0 Å². The van der Waals surface area contributed by atoms with Crippen LogP contribution in [0.1, 0.15) is 32.1 Å². The predicted molar refractivity (Wildman–Crippen MR) is 63.3 cm³/mol. The van der Waals surface area contributed by atoms with Gasteiger partial charge in [0, 0.05) is 19.2 Å². The van der Waals surface area contributed by atoms with Crippen molar-refractivity contribution < 1.29 is 13.2 Å². The third-order valence-corrected chi connectivity index (χ3v) is 5.19. The molecule has 2 unspecified atom stereocenters. The van der Waals surface area contributed by atoms with Gasteiger partial charge in [-0.25, -0.2) is 8.42 Å². The van der Waals surface area contributed by atoms with Crippen molar-refractivity contribution in [1.29, 1.82) is 0 Å². The van der Waals surface area contributed by atoms with Crippen molar-refractivity contribution in [3.8, 4) is 0 Å². The van der Waals surface area contributed by atoms with Gasteiger partial charge in [-0.1, -0.05) is 0 Å². The monoisotopic (exact) mass is 247 g/mol. The SMILES string of the molecule is O=S1(=O)CCCC(NCC2CCCCO2)C1. The fourth-order valence-electron chi connectivity index (χ4n) is 2.45. The zero-order valence-electron chi connectivity index (χ0n) is 9.65. The van der Waals surface area contributed by atoms with Crippen LogP contribution < -0.4 is 5.32 Å². The van der Waals surface area contributed by atoms with E-state index in [1.807, 2.05) is 0 Å². The first-order valence-corrected chi connectivity index (χ1v) is 8.03. The van der Waals surface area contributed by atoms with E-state index in [2.05, 4.69) is 5.32 Å². The Morgan fingerprint density at radius 3 is 2.75 bits per heavy atom. The normalized spacial score (nSPS) is 34.8. The van der Waals surface area contributed by atoms with Gasteiger partial charge >= 0.3 is 0 Å². The van der Waals surface area contributed by atoms with E-state index in [-0.39, 0.29) is 6.04 Å². The highest BCUT2D eigenvalue weighted by Gasteiger charge is 2.25. The summed E-state index contributed by atoms with van der Waals surface area (Å²) in [4.78, 5) is 0. The molecule has 0 aromatic carbocycles. The zero-order valence-corrected chi connectivity index (χ0v) is 10.5. The van der Waals surface area contributed by atoms with Gasteiger partial charge in [0.25, 0.3) is 0 Å². The van der Waals surface area contributed by atoms with Gasteiger partial charge in [0.05, 0.1) is 17.6 Å². The lowest BCUT2D eigenvalue weighted by atomic mass is 10.1. The minimum Gasteiger partial charge on any atom is -0.377 e. The van der Waals surface area contributed by atoms with Crippen molar-refractivity contribution in [3.63, 3.8) is 0 Å². The maximum absolute atomic E-state index is 11.4. The minimum atomic E-state index is -2.79. The molecule has 5 heteroatoms. The fourth-order valence-corrected chi connectivity index (χ4v) is 4.12. The number of rotatable bonds is 3. The molecule has 0 amide bonds. The summed E-state index contributed by atoms with van der Waals surface area (Å²) in [6.45, 7) is 1.66. The molecule has 2 heterocycles. The maximum atomic E-state index is 11.4. The topological polar surface area (TPSA) is 55.4 Å². The largest absolute Gasteiger partial charge is 0.377 e. The van der Waals surface area contributed by atoms with E-state index in [9.17, 15) is 8.42 Å². The van der Waals surface area contributed by atoms with Crippen LogP contribution in [0.15, 0.2) is 0 Å². The molecule has 2 saturated heterocycles. The Bertz CT molecular complexity index is 309. The average Bonchev–Trinajstić information content (AvgIpc) is 2.27. The molecule has 0 aliphatic carbocycles. The van der Waals surface area contributed by atoms with Crippen LogP contribution in [0.3, 0.4) is 0 Å². The zero-order chi connectivity index (χ0) is 11.4. The Morgan fingerprint density at radius 2 is 2.06 bits per heavy atom. The van der Waals surface area contributed by atoms with E-state index >= 15 is 0 Å². The molecule has 0 aromatic rings. The summed E-state index contributed by atoms with van der Waals surface area (Å²) in [5.41, 5.74) is 0.